The molecule has 0 aliphatic carbocycles. The number of para-hydroxylation sites is 1. The lowest BCUT2D eigenvalue weighted by Crippen LogP contribution is -2.45. The van der Waals surface area contributed by atoms with Crippen molar-refractivity contribution in [1.82, 2.24) is 5.32 Å². The third-order valence-electron chi connectivity index (χ3n) is 4.67. The summed E-state index contributed by atoms with van der Waals surface area (Å²) in [4.78, 5) is 25.5. The zero-order valence-corrected chi connectivity index (χ0v) is 16.1. The highest BCUT2D eigenvalue weighted by Gasteiger charge is 2.36. The summed E-state index contributed by atoms with van der Waals surface area (Å²) in [5, 5.41) is 5.86. The lowest BCUT2D eigenvalue weighted by Gasteiger charge is -2.24. The van der Waals surface area contributed by atoms with E-state index in [2.05, 4.69) is 24.5 Å². The summed E-state index contributed by atoms with van der Waals surface area (Å²) in [7, 11) is 0. The molecule has 0 spiro atoms. The van der Waals surface area contributed by atoms with Gasteiger partial charge in [-0.2, -0.15) is 0 Å². The fraction of sp³-hybridized carbons (Fsp3) is 0.364. The van der Waals surface area contributed by atoms with Gasteiger partial charge in [0.15, 0.2) is 0 Å². The van der Waals surface area contributed by atoms with Crippen molar-refractivity contribution in [3.05, 3.63) is 65.2 Å². The van der Waals surface area contributed by atoms with Crippen LogP contribution in [0.5, 0.6) is 0 Å². The van der Waals surface area contributed by atoms with E-state index in [-0.39, 0.29) is 11.8 Å². The second kappa shape index (κ2) is 8.65. The second-order valence-corrected chi connectivity index (χ2v) is 6.91. The predicted molar refractivity (Wildman–Crippen MR) is 106 cm³/mol. The van der Waals surface area contributed by atoms with Crippen LogP contribution >= 0.6 is 0 Å². The number of carbonyl (C=O) groups excluding carboxylic acids is 2. The van der Waals surface area contributed by atoms with Crippen LogP contribution in [-0.4, -0.2) is 11.8 Å². The quantitative estimate of drug-likeness (QED) is 0.737. The van der Waals surface area contributed by atoms with E-state index in [1.165, 1.54) is 0 Å². The third-order valence-corrected chi connectivity index (χ3v) is 4.67. The molecule has 0 atom stereocenters. The number of benzene rings is 2. The average molecular weight is 352 g/mol. The van der Waals surface area contributed by atoms with E-state index in [0.29, 0.717) is 6.54 Å². The molecule has 0 aromatic heterocycles. The Morgan fingerprint density at radius 1 is 0.846 bits per heavy atom. The van der Waals surface area contributed by atoms with Crippen molar-refractivity contribution in [3.8, 4) is 0 Å². The minimum absolute atomic E-state index is 0.286. The minimum Gasteiger partial charge on any atom is -0.351 e. The molecule has 0 aliphatic heterocycles. The monoisotopic (exact) mass is 352 g/mol. The van der Waals surface area contributed by atoms with E-state index in [0.717, 1.165) is 35.2 Å². The van der Waals surface area contributed by atoms with E-state index in [1.54, 1.807) is 13.8 Å². The van der Waals surface area contributed by atoms with Gasteiger partial charge in [0.05, 0.1) is 0 Å². The highest BCUT2D eigenvalue weighted by molar-refractivity contribution is 6.10. The number of carbonyl (C=O) groups is 2. The predicted octanol–water partition coefficient (Wildman–Crippen LogP) is 4.09. The lowest BCUT2D eigenvalue weighted by molar-refractivity contribution is -0.138. The number of hydrogen-bond acceptors (Lipinski definition) is 2. The van der Waals surface area contributed by atoms with Crippen molar-refractivity contribution in [2.24, 2.45) is 5.41 Å². The summed E-state index contributed by atoms with van der Waals surface area (Å²) in [6, 6.07) is 15.7. The molecule has 2 aromatic rings. The van der Waals surface area contributed by atoms with Crippen LogP contribution in [0, 0.1) is 5.41 Å². The van der Waals surface area contributed by atoms with Gasteiger partial charge in [-0.15, -0.1) is 0 Å². The van der Waals surface area contributed by atoms with E-state index >= 15 is 0 Å². The molecule has 4 heteroatoms. The van der Waals surface area contributed by atoms with Crippen molar-refractivity contribution in [1.29, 1.82) is 0 Å². The highest BCUT2D eigenvalue weighted by atomic mass is 16.2. The number of anilines is 1. The molecule has 2 rings (SSSR count). The van der Waals surface area contributed by atoms with E-state index in [1.807, 2.05) is 48.5 Å². The Kier molecular flexibility index (Phi) is 6.56. The highest BCUT2D eigenvalue weighted by Crippen LogP contribution is 2.26. The van der Waals surface area contributed by atoms with Gasteiger partial charge in [0, 0.05) is 12.2 Å². The van der Waals surface area contributed by atoms with Crippen molar-refractivity contribution in [3.63, 3.8) is 0 Å². The van der Waals surface area contributed by atoms with Gasteiger partial charge < -0.3 is 10.6 Å². The maximum atomic E-state index is 12.9. The summed E-state index contributed by atoms with van der Waals surface area (Å²) in [6.45, 7) is 7.83. The number of amides is 2. The number of rotatable bonds is 7. The Morgan fingerprint density at radius 3 is 1.96 bits per heavy atom. The SMILES string of the molecule is CCc1cccc(CC)c1NC(=O)C(C)(C)C(=O)NCc1ccccc1. The zero-order chi connectivity index (χ0) is 19.2. The Labute approximate surface area is 156 Å². The molecule has 0 aliphatic rings. The van der Waals surface area contributed by atoms with Gasteiger partial charge in [-0.1, -0.05) is 62.4 Å². The zero-order valence-electron chi connectivity index (χ0n) is 16.1. The molecule has 4 nitrogen and oxygen atoms in total. The average Bonchev–Trinajstić information content (AvgIpc) is 2.66. The van der Waals surface area contributed by atoms with Gasteiger partial charge >= 0.3 is 0 Å². The topological polar surface area (TPSA) is 58.2 Å². The summed E-state index contributed by atoms with van der Waals surface area (Å²) in [5.74, 6) is -0.579. The van der Waals surface area contributed by atoms with Crippen LogP contribution in [-0.2, 0) is 29.0 Å². The van der Waals surface area contributed by atoms with Crippen LogP contribution in [0.1, 0.15) is 44.4 Å². The summed E-state index contributed by atoms with van der Waals surface area (Å²) >= 11 is 0. The van der Waals surface area contributed by atoms with Crippen molar-refractivity contribution >= 4 is 17.5 Å². The first-order chi connectivity index (χ1) is 12.4. The number of nitrogens with one attached hydrogen (secondary N) is 2. The Balaban J connectivity index is 2.11. The van der Waals surface area contributed by atoms with E-state index in [4.69, 9.17) is 0 Å². The molecule has 0 heterocycles. The lowest BCUT2D eigenvalue weighted by atomic mass is 9.90. The summed E-state index contributed by atoms with van der Waals surface area (Å²) < 4.78 is 0. The van der Waals surface area contributed by atoms with Crippen molar-refractivity contribution in [2.75, 3.05) is 5.32 Å². The maximum Gasteiger partial charge on any atom is 0.239 e. The molecule has 0 bridgehead atoms. The largest absolute Gasteiger partial charge is 0.351 e. The summed E-state index contributed by atoms with van der Waals surface area (Å²) in [6.07, 6.45) is 1.65. The van der Waals surface area contributed by atoms with Crippen LogP contribution in [0.2, 0.25) is 0 Å². The molecule has 0 unspecified atom stereocenters. The molecule has 138 valence electrons. The second-order valence-electron chi connectivity index (χ2n) is 6.91. The number of hydrogen-bond donors (Lipinski definition) is 2. The minimum atomic E-state index is -1.17. The van der Waals surface area contributed by atoms with Crippen LogP contribution < -0.4 is 10.6 Å². The molecular weight excluding hydrogens is 324 g/mol. The standard InChI is InChI=1S/C22H28N2O2/c1-5-17-13-10-14-18(6-2)19(17)24-21(26)22(3,4)20(25)23-15-16-11-8-7-9-12-16/h7-14H,5-6,15H2,1-4H3,(H,23,25)(H,24,26). The molecule has 0 saturated heterocycles. The smallest absolute Gasteiger partial charge is 0.239 e. The molecule has 2 amide bonds. The van der Waals surface area contributed by atoms with Crippen LogP contribution in [0.15, 0.2) is 48.5 Å². The van der Waals surface area contributed by atoms with Crippen LogP contribution in [0.4, 0.5) is 5.69 Å². The Morgan fingerprint density at radius 2 is 1.42 bits per heavy atom. The molecular formula is C22H28N2O2. The molecule has 0 radical (unpaired) electrons. The molecule has 0 fully saturated rings. The number of aryl methyl sites for hydroxylation is 2. The van der Waals surface area contributed by atoms with Gasteiger partial charge in [0.1, 0.15) is 5.41 Å². The molecule has 0 saturated carbocycles. The van der Waals surface area contributed by atoms with Gasteiger partial charge in [0.25, 0.3) is 0 Å². The Hall–Kier alpha value is -2.62. The fourth-order valence-corrected chi connectivity index (χ4v) is 2.78. The normalized spacial score (nSPS) is 11.1. The van der Waals surface area contributed by atoms with Gasteiger partial charge in [-0.3, -0.25) is 9.59 Å². The van der Waals surface area contributed by atoms with E-state index < -0.39 is 5.41 Å². The summed E-state index contributed by atoms with van der Waals surface area (Å²) in [5.41, 5.74) is 2.84. The van der Waals surface area contributed by atoms with Gasteiger partial charge in [0.2, 0.25) is 11.8 Å². The van der Waals surface area contributed by atoms with Gasteiger partial charge in [-0.25, -0.2) is 0 Å². The first-order valence-electron chi connectivity index (χ1n) is 9.14. The molecule has 2 N–H and O–H groups in total. The van der Waals surface area contributed by atoms with Crippen molar-refractivity contribution in [2.45, 2.75) is 47.1 Å². The van der Waals surface area contributed by atoms with Crippen LogP contribution in [0.25, 0.3) is 0 Å². The third kappa shape index (κ3) is 4.51. The van der Waals surface area contributed by atoms with E-state index in [9.17, 15) is 9.59 Å². The maximum absolute atomic E-state index is 12.9. The first kappa shape index (κ1) is 19.7. The van der Waals surface area contributed by atoms with Gasteiger partial charge in [-0.05, 0) is 43.4 Å². The fourth-order valence-electron chi connectivity index (χ4n) is 2.78. The van der Waals surface area contributed by atoms with Crippen molar-refractivity contribution < 1.29 is 9.59 Å². The molecule has 2 aromatic carbocycles. The molecule has 26 heavy (non-hydrogen) atoms. The van der Waals surface area contributed by atoms with Crippen LogP contribution in [0.3, 0.4) is 0 Å². The first-order valence-corrected chi connectivity index (χ1v) is 9.14. The Bertz CT molecular complexity index is 745.